The lowest BCUT2D eigenvalue weighted by molar-refractivity contribution is -0.136. The summed E-state index contributed by atoms with van der Waals surface area (Å²) in [5.74, 6) is 0.448. The molecule has 14 heteroatoms. The van der Waals surface area contributed by atoms with Gasteiger partial charge in [0.2, 0.25) is 5.91 Å². The van der Waals surface area contributed by atoms with Gasteiger partial charge in [0.1, 0.15) is 17.9 Å². The Balaban J connectivity index is 0.756. The number of nitrogens with one attached hydrogen (secondary N) is 2. The van der Waals surface area contributed by atoms with Gasteiger partial charge in [-0.3, -0.25) is 29.4 Å². The number of carbonyl (C=O) groups is 3. The predicted octanol–water partition coefficient (Wildman–Crippen LogP) is 5.06. The van der Waals surface area contributed by atoms with Crippen LogP contribution in [0.15, 0.2) is 71.7 Å². The molecule has 3 saturated heterocycles. The third-order valence-corrected chi connectivity index (χ3v) is 12.3. The summed E-state index contributed by atoms with van der Waals surface area (Å²) >= 11 is 6.16. The Hall–Kier alpha value is -5.45. The standard InChI is InChI=1S/C43H47ClN8O5/c44-38-24-36(9-3-30(38)25-45)57-35-10-4-32(5-11-35)47-41(54)29-1-6-33(7-2-29)50-17-15-28(16-18-50)27-49-19-21-51(22-20-49)34-8-12-37-31(23-34)26-46-52(43(37)56)39-13-14-40(53)48-42(39)55/h1-3,6-9,12,23-24,26,28,32,35,39H,4-5,10-11,13-22,27H2,(H,47,54)(H,48,53,55)/t32-,35-,39?. The summed E-state index contributed by atoms with van der Waals surface area (Å²) in [5.41, 5.74) is 2.99. The van der Waals surface area contributed by atoms with Crippen molar-refractivity contribution in [3.63, 3.8) is 0 Å². The molecule has 4 aliphatic rings. The number of benzene rings is 3. The van der Waals surface area contributed by atoms with E-state index in [9.17, 15) is 19.2 Å². The van der Waals surface area contributed by atoms with E-state index < -0.39 is 11.9 Å². The van der Waals surface area contributed by atoms with Crippen LogP contribution in [0.5, 0.6) is 5.75 Å². The van der Waals surface area contributed by atoms with E-state index >= 15 is 0 Å². The number of carbonyl (C=O) groups excluding carboxylic acids is 3. The maximum atomic E-state index is 13.2. The Kier molecular flexibility index (Phi) is 11.4. The molecule has 3 amide bonds. The smallest absolute Gasteiger partial charge is 0.275 e. The van der Waals surface area contributed by atoms with Crippen molar-refractivity contribution >= 4 is 51.5 Å². The third-order valence-electron chi connectivity index (χ3n) is 12.0. The van der Waals surface area contributed by atoms with E-state index in [1.807, 2.05) is 30.3 Å². The number of piperazine rings is 1. The van der Waals surface area contributed by atoms with Gasteiger partial charge in [0.15, 0.2) is 0 Å². The van der Waals surface area contributed by atoms with Gasteiger partial charge >= 0.3 is 0 Å². The monoisotopic (exact) mass is 790 g/mol. The number of amides is 3. The number of hydrogen-bond acceptors (Lipinski definition) is 10. The lowest BCUT2D eigenvalue weighted by Crippen LogP contribution is -2.49. The van der Waals surface area contributed by atoms with Crippen LogP contribution in [0.1, 0.15) is 73.3 Å². The quantitative estimate of drug-likeness (QED) is 0.220. The largest absolute Gasteiger partial charge is 0.490 e. The maximum Gasteiger partial charge on any atom is 0.275 e. The molecule has 4 fully saturated rings. The van der Waals surface area contributed by atoms with Crippen LogP contribution in [0.3, 0.4) is 0 Å². The second-order valence-electron chi connectivity index (χ2n) is 15.7. The number of imide groups is 1. The summed E-state index contributed by atoms with van der Waals surface area (Å²) in [6.07, 6.45) is 7.75. The first-order chi connectivity index (χ1) is 27.7. The zero-order chi connectivity index (χ0) is 39.5. The van der Waals surface area contributed by atoms with Crippen molar-refractivity contribution in [3.05, 3.63) is 93.4 Å². The lowest BCUT2D eigenvalue weighted by Gasteiger charge is -2.40. The minimum absolute atomic E-state index is 0.0439. The molecule has 2 N–H and O–H groups in total. The van der Waals surface area contributed by atoms with Gasteiger partial charge in [-0.1, -0.05) is 11.6 Å². The average molecular weight is 791 g/mol. The lowest BCUT2D eigenvalue weighted by atomic mass is 9.92. The fourth-order valence-corrected chi connectivity index (χ4v) is 8.90. The van der Waals surface area contributed by atoms with Gasteiger partial charge in [-0.15, -0.1) is 0 Å². The predicted molar refractivity (Wildman–Crippen MR) is 218 cm³/mol. The van der Waals surface area contributed by atoms with E-state index in [1.165, 1.54) is 4.68 Å². The highest BCUT2D eigenvalue weighted by Crippen LogP contribution is 2.29. The molecule has 0 bridgehead atoms. The first kappa shape index (κ1) is 38.4. The number of ether oxygens (including phenoxy) is 1. The molecule has 1 aromatic heterocycles. The van der Waals surface area contributed by atoms with E-state index in [2.05, 4.69) is 48.6 Å². The Morgan fingerprint density at radius 1 is 0.860 bits per heavy atom. The highest BCUT2D eigenvalue weighted by molar-refractivity contribution is 6.31. The molecule has 3 aromatic carbocycles. The molecule has 1 unspecified atom stereocenters. The zero-order valence-corrected chi connectivity index (χ0v) is 32.6. The number of piperidine rings is 2. The van der Waals surface area contributed by atoms with Crippen LogP contribution in [-0.4, -0.2) is 90.4 Å². The van der Waals surface area contributed by atoms with Crippen molar-refractivity contribution < 1.29 is 19.1 Å². The molecule has 1 saturated carbocycles. The summed E-state index contributed by atoms with van der Waals surface area (Å²) < 4.78 is 7.31. The molecule has 57 heavy (non-hydrogen) atoms. The molecule has 13 nitrogen and oxygen atoms in total. The molecule has 4 aromatic rings. The van der Waals surface area contributed by atoms with Crippen LogP contribution >= 0.6 is 11.6 Å². The summed E-state index contributed by atoms with van der Waals surface area (Å²) in [7, 11) is 0. The molecule has 1 aliphatic carbocycles. The van der Waals surface area contributed by atoms with E-state index in [0.29, 0.717) is 33.2 Å². The average Bonchev–Trinajstić information content (AvgIpc) is 3.23. The maximum absolute atomic E-state index is 13.2. The molecule has 1 atom stereocenters. The number of anilines is 2. The Bertz CT molecular complexity index is 2230. The number of rotatable bonds is 9. The van der Waals surface area contributed by atoms with Gasteiger partial charge in [-0.25, -0.2) is 4.68 Å². The summed E-state index contributed by atoms with van der Waals surface area (Å²) in [6, 6.07) is 20.3. The highest BCUT2D eigenvalue weighted by atomic mass is 35.5. The number of nitrogens with zero attached hydrogens (tertiary/aromatic N) is 6. The fraction of sp³-hybridized carbons (Fsp3) is 0.442. The van der Waals surface area contributed by atoms with Gasteiger partial charge in [0.05, 0.1) is 28.3 Å². The van der Waals surface area contributed by atoms with Crippen molar-refractivity contribution in [2.75, 3.05) is 55.6 Å². The summed E-state index contributed by atoms with van der Waals surface area (Å²) in [5, 5.41) is 20.6. The van der Waals surface area contributed by atoms with Crippen molar-refractivity contribution in [2.24, 2.45) is 5.92 Å². The Morgan fingerprint density at radius 2 is 1.58 bits per heavy atom. The van der Waals surface area contributed by atoms with Gasteiger partial charge in [0.25, 0.3) is 17.4 Å². The second kappa shape index (κ2) is 17.0. The molecule has 296 valence electrons. The minimum Gasteiger partial charge on any atom is -0.490 e. The molecule has 8 rings (SSSR count). The van der Waals surface area contributed by atoms with Crippen molar-refractivity contribution in [1.29, 1.82) is 5.26 Å². The van der Waals surface area contributed by atoms with Gasteiger partial charge in [0, 0.05) is 86.7 Å². The van der Waals surface area contributed by atoms with E-state index in [0.717, 1.165) is 101 Å². The first-order valence-corrected chi connectivity index (χ1v) is 20.4. The SMILES string of the molecule is N#Cc1ccc(O[C@H]2CC[C@H](NC(=O)c3ccc(N4CCC(CN5CCN(c6ccc7c(=O)n(C8CCC(=O)NC8=O)ncc7c6)CC5)CC4)cc3)CC2)cc1Cl. The zero-order valence-electron chi connectivity index (χ0n) is 31.9. The molecule has 4 heterocycles. The second-order valence-corrected chi connectivity index (χ2v) is 16.1. The summed E-state index contributed by atoms with van der Waals surface area (Å²) in [4.78, 5) is 57.6. The van der Waals surface area contributed by atoms with Crippen molar-refractivity contribution in [2.45, 2.75) is 69.6 Å². The van der Waals surface area contributed by atoms with Crippen LogP contribution in [0.25, 0.3) is 10.8 Å². The number of halogens is 1. The van der Waals surface area contributed by atoms with Crippen LogP contribution in [0.2, 0.25) is 5.02 Å². The van der Waals surface area contributed by atoms with E-state index in [-0.39, 0.29) is 42.4 Å². The van der Waals surface area contributed by atoms with Crippen LogP contribution in [0, 0.1) is 17.2 Å². The molecular weight excluding hydrogens is 744 g/mol. The van der Waals surface area contributed by atoms with Crippen LogP contribution in [0.4, 0.5) is 11.4 Å². The number of hydrogen-bond donors (Lipinski definition) is 2. The van der Waals surface area contributed by atoms with Gasteiger partial charge in [-0.05, 0) is 105 Å². The minimum atomic E-state index is -0.777. The van der Waals surface area contributed by atoms with Crippen molar-refractivity contribution in [3.8, 4) is 11.8 Å². The molecule has 0 radical (unpaired) electrons. The fourth-order valence-electron chi connectivity index (χ4n) is 8.68. The molecule has 0 spiro atoms. The molecule has 3 aliphatic heterocycles. The van der Waals surface area contributed by atoms with Gasteiger partial charge < -0.3 is 19.9 Å². The molecular formula is C43H47ClN8O5. The van der Waals surface area contributed by atoms with E-state index in [1.54, 1.807) is 24.4 Å². The number of nitriles is 1. The van der Waals surface area contributed by atoms with Crippen molar-refractivity contribution in [1.82, 2.24) is 25.3 Å². The first-order valence-electron chi connectivity index (χ1n) is 20.1. The van der Waals surface area contributed by atoms with E-state index in [4.69, 9.17) is 21.6 Å². The summed E-state index contributed by atoms with van der Waals surface area (Å²) in [6.45, 7) is 6.81. The van der Waals surface area contributed by atoms with Crippen LogP contribution in [-0.2, 0) is 9.59 Å². The number of fused-ring (bicyclic) bond motifs is 1. The Morgan fingerprint density at radius 3 is 2.28 bits per heavy atom. The highest BCUT2D eigenvalue weighted by Gasteiger charge is 2.31. The van der Waals surface area contributed by atoms with Crippen LogP contribution < -0.4 is 30.7 Å². The number of aromatic nitrogens is 2. The van der Waals surface area contributed by atoms with Gasteiger partial charge in [-0.2, -0.15) is 10.4 Å². The third kappa shape index (κ3) is 8.77. The Labute approximate surface area is 336 Å². The topological polar surface area (TPSA) is 153 Å². The normalized spacial score (nSPS) is 22.2.